The zero-order valence-electron chi connectivity index (χ0n) is 13.5. The van der Waals surface area contributed by atoms with Crippen LogP contribution in [0.4, 0.5) is 0 Å². The van der Waals surface area contributed by atoms with Gasteiger partial charge < -0.3 is 10.1 Å². The van der Waals surface area contributed by atoms with E-state index < -0.39 is 5.97 Å². The summed E-state index contributed by atoms with van der Waals surface area (Å²) in [4.78, 5) is 23.5. The van der Waals surface area contributed by atoms with Crippen LogP contribution in [0, 0.1) is 0 Å². The van der Waals surface area contributed by atoms with Crippen molar-refractivity contribution in [3.63, 3.8) is 0 Å². The van der Waals surface area contributed by atoms with Crippen LogP contribution >= 0.6 is 11.6 Å². The lowest BCUT2D eigenvalue weighted by Crippen LogP contribution is -2.31. The van der Waals surface area contributed by atoms with Crippen LogP contribution in [0.2, 0.25) is 5.02 Å². The van der Waals surface area contributed by atoms with E-state index in [9.17, 15) is 9.59 Å². The van der Waals surface area contributed by atoms with Gasteiger partial charge in [-0.2, -0.15) is 0 Å². The third-order valence-electron chi connectivity index (χ3n) is 3.60. The van der Waals surface area contributed by atoms with E-state index in [2.05, 4.69) is 5.32 Å². The number of benzene rings is 2. The average Bonchev–Trinajstić information content (AvgIpc) is 2.60. The lowest BCUT2D eigenvalue weighted by Gasteiger charge is -2.13. The maximum absolute atomic E-state index is 11.8. The van der Waals surface area contributed by atoms with Crippen molar-refractivity contribution in [3.8, 4) is 0 Å². The number of rotatable bonds is 7. The minimum atomic E-state index is -0.441. The van der Waals surface area contributed by atoms with Crippen LogP contribution in [0.25, 0.3) is 0 Å². The Balaban J connectivity index is 1.69. The van der Waals surface area contributed by atoms with E-state index in [-0.39, 0.29) is 24.9 Å². The summed E-state index contributed by atoms with van der Waals surface area (Å²) in [5.41, 5.74) is 1.94. The zero-order valence-corrected chi connectivity index (χ0v) is 14.3. The topological polar surface area (TPSA) is 55.4 Å². The number of amides is 1. The predicted molar refractivity (Wildman–Crippen MR) is 94.0 cm³/mol. The molecule has 1 amide bonds. The van der Waals surface area contributed by atoms with Crippen molar-refractivity contribution in [1.29, 1.82) is 0 Å². The van der Waals surface area contributed by atoms with Gasteiger partial charge in [0.05, 0.1) is 6.42 Å². The molecular formula is C19H20ClNO3. The molecule has 4 nitrogen and oxygen atoms in total. The second-order valence-electron chi connectivity index (χ2n) is 5.58. The van der Waals surface area contributed by atoms with Crippen LogP contribution in [0.5, 0.6) is 0 Å². The number of hydrogen-bond acceptors (Lipinski definition) is 3. The highest BCUT2D eigenvalue weighted by molar-refractivity contribution is 6.30. The fraction of sp³-hybridized carbons (Fsp3) is 0.263. The summed E-state index contributed by atoms with van der Waals surface area (Å²) in [5, 5.41) is 3.38. The van der Waals surface area contributed by atoms with Gasteiger partial charge in [0.25, 0.3) is 5.91 Å². The summed E-state index contributed by atoms with van der Waals surface area (Å²) in [6.45, 7) is 2.26. The fourth-order valence-electron chi connectivity index (χ4n) is 2.18. The minimum absolute atomic E-state index is 0.116. The second kappa shape index (κ2) is 9.08. The SMILES string of the molecule is C[C@H](CNC(=O)COC(=O)Cc1ccc(Cl)cc1)c1ccccc1. The summed E-state index contributed by atoms with van der Waals surface area (Å²) < 4.78 is 4.99. The van der Waals surface area contributed by atoms with Crippen LogP contribution < -0.4 is 5.32 Å². The number of esters is 1. The largest absolute Gasteiger partial charge is 0.455 e. The van der Waals surface area contributed by atoms with Gasteiger partial charge in [-0.1, -0.05) is 61.0 Å². The number of carbonyl (C=O) groups is 2. The number of halogens is 1. The molecule has 0 radical (unpaired) electrons. The monoisotopic (exact) mass is 345 g/mol. The highest BCUT2D eigenvalue weighted by Crippen LogP contribution is 2.13. The summed E-state index contributed by atoms with van der Waals surface area (Å²) in [5.74, 6) is -0.550. The molecule has 2 rings (SSSR count). The molecule has 0 aromatic heterocycles. The van der Waals surface area contributed by atoms with E-state index in [1.807, 2.05) is 37.3 Å². The average molecular weight is 346 g/mol. The quantitative estimate of drug-likeness (QED) is 0.783. The molecule has 0 saturated heterocycles. The summed E-state index contributed by atoms with van der Waals surface area (Å²) in [6, 6.07) is 16.8. The number of hydrogen-bond donors (Lipinski definition) is 1. The van der Waals surface area contributed by atoms with Crippen LogP contribution in [-0.4, -0.2) is 25.0 Å². The lowest BCUT2D eigenvalue weighted by atomic mass is 10.0. The molecule has 2 aromatic carbocycles. The summed E-state index contributed by atoms with van der Waals surface area (Å²) >= 11 is 5.79. The first-order valence-electron chi connectivity index (χ1n) is 7.76. The van der Waals surface area contributed by atoms with E-state index in [4.69, 9.17) is 16.3 Å². The Kier molecular flexibility index (Phi) is 6.82. The lowest BCUT2D eigenvalue weighted by molar-refractivity contribution is -0.147. The van der Waals surface area contributed by atoms with Crippen molar-refractivity contribution in [2.24, 2.45) is 0 Å². The molecule has 5 heteroatoms. The molecular weight excluding hydrogens is 326 g/mol. The van der Waals surface area contributed by atoms with Gasteiger partial charge in [0.2, 0.25) is 0 Å². The Morgan fingerprint density at radius 3 is 2.42 bits per heavy atom. The third kappa shape index (κ3) is 6.05. The molecule has 126 valence electrons. The molecule has 0 fully saturated rings. The van der Waals surface area contributed by atoms with Crippen LogP contribution in [0.15, 0.2) is 54.6 Å². The van der Waals surface area contributed by atoms with Gasteiger partial charge in [-0.3, -0.25) is 9.59 Å². The minimum Gasteiger partial charge on any atom is -0.455 e. The molecule has 0 aliphatic heterocycles. The first-order valence-corrected chi connectivity index (χ1v) is 8.14. The normalized spacial score (nSPS) is 11.6. The van der Waals surface area contributed by atoms with Gasteiger partial charge in [-0.15, -0.1) is 0 Å². The molecule has 0 aliphatic rings. The third-order valence-corrected chi connectivity index (χ3v) is 3.85. The van der Waals surface area contributed by atoms with E-state index in [0.717, 1.165) is 11.1 Å². The molecule has 2 aromatic rings. The molecule has 0 bridgehead atoms. The van der Waals surface area contributed by atoms with Crippen molar-refractivity contribution in [1.82, 2.24) is 5.32 Å². The smallest absolute Gasteiger partial charge is 0.310 e. The zero-order chi connectivity index (χ0) is 17.4. The van der Waals surface area contributed by atoms with Gasteiger partial charge in [0.1, 0.15) is 0 Å². The van der Waals surface area contributed by atoms with Crippen LogP contribution in [0.1, 0.15) is 24.0 Å². The molecule has 0 saturated carbocycles. The predicted octanol–water partition coefficient (Wildman–Crippen LogP) is 3.35. The number of carbonyl (C=O) groups excluding carboxylic acids is 2. The highest BCUT2D eigenvalue weighted by Gasteiger charge is 2.10. The van der Waals surface area contributed by atoms with E-state index in [1.54, 1.807) is 24.3 Å². The van der Waals surface area contributed by atoms with Crippen molar-refractivity contribution in [3.05, 3.63) is 70.7 Å². The maximum atomic E-state index is 11.8. The van der Waals surface area contributed by atoms with Crippen molar-refractivity contribution in [2.45, 2.75) is 19.3 Å². The molecule has 0 aliphatic carbocycles. The Labute approximate surface area is 146 Å². The molecule has 0 unspecified atom stereocenters. The van der Waals surface area contributed by atoms with Gasteiger partial charge in [0.15, 0.2) is 6.61 Å². The Bertz CT molecular complexity index is 671. The van der Waals surface area contributed by atoms with Gasteiger partial charge in [-0.05, 0) is 29.2 Å². The van der Waals surface area contributed by atoms with E-state index in [0.29, 0.717) is 11.6 Å². The van der Waals surface area contributed by atoms with Gasteiger partial charge >= 0.3 is 5.97 Å². The van der Waals surface area contributed by atoms with Gasteiger partial charge in [-0.25, -0.2) is 0 Å². The molecule has 0 heterocycles. The second-order valence-corrected chi connectivity index (χ2v) is 6.02. The molecule has 1 atom stereocenters. The molecule has 0 spiro atoms. The van der Waals surface area contributed by atoms with Crippen molar-refractivity contribution >= 4 is 23.5 Å². The fourth-order valence-corrected chi connectivity index (χ4v) is 2.31. The summed E-state index contributed by atoms with van der Waals surface area (Å²) in [7, 11) is 0. The Hall–Kier alpha value is -2.33. The van der Waals surface area contributed by atoms with Crippen LogP contribution in [0.3, 0.4) is 0 Å². The van der Waals surface area contributed by atoms with E-state index in [1.165, 1.54) is 0 Å². The maximum Gasteiger partial charge on any atom is 0.310 e. The Morgan fingerprint density at radius 2 is 1.75 bits per heavy atom. The molecule has 1 N–H and O–H groups in total. The van der Waals surface area contributed by atoms with E-state index >= 15 is 0 Å². The van der Waals surface area contributed by atoms with Gasteiger partial charge in [0, 0.05) is 11.6 Å². The Morgan fingerprint density at radius 1 is 1.08 bits per heavy atom. The van der Waals surface area contributed by atoms with Crippen molar-refractivity contribution in [2.75, 3.05) is 13.2 Å². The standard InChI is InChI=1S/C19H20ClNO3/c1-14(16-5-3-2-4-6-16)12-21-18(22)13-24-19(23)11-15-7-9-17(20)10-8-15/h2-10,14H,11-13H2,1H3,(H,21,22)/t14-/m1/s1. The summed E-state index contributed by atoms with van der Waals surface area (Å²) in [6.07, 6.45) is 0.116. The first-order chi connectivity index (χ1) is 11.5. The van der Waals surface area contributed by atoms with Crippen LogP contribution in [-0.2, 0) is 20.7 Å². The number of ether oxygens (including phenoxy) is 1. The highest BCUT2D eigenvalue weighted by atomic mass is 35.5. The molecule has 24 heavy (non-hydrogen) atoms. The number of nitrogens with one attached hydrogen (secondary N) is 1. The van der Waals surface area contributed by atoms with Crippen molar-refractivity contribution < 1.29 is 14.3 Å². The first kappa shape index (κ1) is 18.0.